The van der Waals surface area contributed by atoms with E-state index < -0.39 is 0 Å². The Labute approximate surface area is 129 Å². The standard InChI is InChI=1S/C18H30N2O/c1-4-17(19)11-15-7-8-18(14(2)10-15)20(3)12-16-6-5-9-21-13-16/h7-8,10,16-17H,4-6,9,11-13,19H2,1-3H3. The summed E-state index contributed by atoms with van der Waals surface area (Å²) in [6.45, 7) is 7.27. The summed E-state index contributed by atoms with van der Waals surface area (Å²) in [5.41, 5.74) is 10.1. The number of nitrogens with two attached hydrogens (primary N) is 1. The highest BCUT2D eigenvalue weighted by Crippen LogP contribution is 2.24. The molecular formula is C18H30N2O. The van der Waals surface area contributed by atoms with Crippen molar-refractivity contribution in [3.8, 4) is 0 Å². The van der Waals surface area contributed by atoms with E-state index >= 15 is 0 Å². The maximum absolute atomic E-state index is 6.05. The van der Waals surface area contributed by atoms with Gasteiger partial charge in [-0.05, 0) is 55.7 Å². The maximum atomic E-state index is 6.05. The summed E-state index contributed by atoms with van der Waals surface area (Å²) in [6.07, 6.45) is 4.48. The number of nitrogens with zero attached hydrogens (tertiary/aromatic N) is 1. The fourth-order valence-corrected chi connectivity index (χ4v) is 3.16. The second kappa shape index (κ2) is 7.81. The molecule has 0 saturated carbocycles. The zero-order chi connectivity index (χ0) is 15.2. The Hall–Kier alpha value is -1.06. The first kappa shape index (κ1) is 16.3. The third kappa shape index (κ3) is 4.72. The fourth-order valence-electron chi connectivity index (χ4n) is 3.16. The summed E-state index contributed by atoms with van der Waals surface area (Å²) in [5, 5.41) is 0. The Balaban J connectivity index is 1.98. The molecule has 2 rings (SSSR count). The van der Waals surface area contributed by atoms with Crippen LogP contribution in [0.2, 0.25) is 0 Å². The molecule has 3 heteroatoms. The van der Waals surface area contributed by atoms with Crippen molar-refractivity contribution in [3.05, 3.63) is 29.3 Å². The van der Waals surface area contributed by atoms with E-state index in [1.807, 2.05) is 0 Å². The summed E-state index contributed by atoms with van der Waals surface area (Å²) in [6, 6.07) is 7.04. The predicted molar refractivity (Wildman–Crippen MR) is 90.0 cm³/mol. The summed E-state index contributed by atoms with van der Waals surface area (Å²) in [5.74, 6) is 0.663. The van der Waals surface area contributed by atoms with E-state index in [0.717, 1.165) is 32.6 Å². The van der Waals surface area contributed by atoms with E-state index in [9.17, 15) is 0 Å². The van der Waals surface area contributed by atoms with Crippen molar-refractivity contribution in [2.75, 3.05) is 31.7 Å². The minimum atomic E-state index is 0.271. The Morgan fingerprint density at radius 3 is 2.86 bits per heavy atom. The number of hydrogen-bond acceptors (Lipinski definition) is 3. The van der Waals surface area contributed by atoms with E-state index in [0.29, 0.717) is 5.92 Å². The first-order valence-corrected chi connectivity index (χ1v) is 8.24. The SMILES string of the molecule is CCC(N)Cc1ccc(N(C)CC2CCCOC2)c(C)c1. The number of hydrogen-bond donors (Lipinski definition) is 1. The molecule has 1 aliphatic heterocycles. The van der Waals surface area contributed by atoms with Gasteiger partial charge in [-0.2, -0.15) is 0 Å². The fraction of sp³-hybridized carbons (Fsp3) is 0.667. The van der Waals surface area contributed by atoms with Crippen LogP contribution in [0.1, 0.15) is 37.3 Å². The predicted octanol–water partition coefficient (Wildman–Crippen LogP) is 3.14. The number of ether oxygens (including phenoxy) is 1. The molecule has 0 aliphatic carbocycles. The lowest BCUT2D eigenvalue weighted by atomic mass is 9.99. The average molecular weight is 290 g/mol. The van der Waals surface area contributed by atoms with Crippen molar-refractivity contribution in [2.45, 2.75) is 45.6 Å². The zero-order valence-electron chi connectivity index (χ0n) is 13.8. The molecule has 3 nitrogen and oxygen atoms in total. The third-order valence-corrected chi connectivity index (χ3v) is 4.48. The lowest BCUT2D eigenvalue weighted by molar-refractivity contribution is 0.0576. The molecule has 2 N–H and O–H groups in total. The van der Waals surface area contributed by atoms with Gasteiger partial charge in [0, 0.05) is 31.9 Å². The molecule has 1 fully saturated rings. The highest BCUT2D eigenvalue weighted by atomic mass is 16.5. The Kier molecular flexibility index (Phi) is 6.07. The van der Waals surface area contributed by atoms with Crippen LogP contribution in [0.4, 0.5) is 5.69 Å². The van der Waals surface area contributed by atoms with Crippen LogP contribution >= 0.6 is 0 Å². The summed E-state index contributed by atoms with van der Waals surface area (Å²) in [4.78, 5) is 2.37. The van der Waals surface area contributed by atoms with Crippen LogP contribution in [0, 0.1) is 12.8 Å². The van der Waals surface area contributed by atoms with Gasteiger partial charge in [0.25, 0.3) is 0 Å². The molecule has 0 amide bonds. The van der Waals surface area contributed by atoms with Crippen molar-refractivity contribution < 1.29 is 4.74 Å². The summed E-state index contributed by atoms with van der Waals surface area (Å²) >= 11 is 0. The molecule has 21 heavy (non-hydrogen) atoms. The second-order valence-corrected chi connectivity index (χ2v) is 6.46. The van der Waals surface area contributed by atoms with Gasteiger partial charge in [0.15, 0.2) is 0 Å². The molecular weight excluding hydrogens is 260 g/mol. The van der Waals surface area contributed by atoms with Gasteiger partial charge in [0.1, 0.15) is 0 Å². The Morgan fingerprint density at radius 1 is 1.43 bits per heavy atom. The number of rotatable bonds is 6. The zero-order valence-corrected chi connectivity index (χ0v) is 13.8. The van der Waals surface area contributed by atoms with Crippen molar-refractivity contribution >= 4 is 5.69 Å². The van der Waals surface area contributed by atoms with Crippen LogP contribution in [-0.2, 0) is 11.2 Å². The topological polar surface area (TPSA) is 38.5 Å². The molecule has 0 bridgehead atoms. The highest BCUT2D eigenvalue weighted by Gasteiger charge is 2.17. The molecule has 0 aromatic heterocycles. The number of benzene rings is 1. The van der Waals surface area contributed by atoms with Crippen molar-refractivity contribution in [2.24, 2.45) is 11.7 Å². The molecule has 1 aromatic carbocycles. The lowest BCUT2D eigenvalue weighted by Crippen LogP contribution is -2.31. The minimum absolute atomic E-state index is 0.271. The van der Waals surface area contributed by atoms with Crippen LogP contribution in [0.3, 0.4) is 0 Å². The van der Waals surface area contributed by atoms with Crippen molar-refractivity contribution in [1.82, 2.24) is 0 Å². The maximum Gasteiger partial charge on any atom is 0.0511 e. The van der Waals surface area contributed by atoms with Crippen LogP contribution in [0.25, 0.3) is 0 Å². The van der Waals surface area contributed by atoms with E-state index in [2.05, 4.69) is 44.0 Å². The third-order valence-electron chi connectivity index (χ3n) is 4.48. The van der Waals surface area contributed by atoms with Crippen LogP contribution < -0.4 is 10.6 Å². The van der Waals surface area contributed by atoms with E-state index in [-0.39, 0.29) is 6.04 Å². The second-order valence-electron chi connectivity index (χ2n) is 6.46. The van der Waals surface area contributed by atoms with Gasteiger partial charge in [-0.25, -0.2) is 0 Å². The van der Waals surface area contributed by atoms with Gasteiger partial charge in [-0.1, -0.05) is 19.1 Å². The molecule has 118 valence electrons. The Morgan fingerprint density at radius 2 is 2.24 bits per heavy atom. The van der Waals surface area contributed by atoms with Gasteiger partial charge in [0.05, 0.1) is 6.61 Å². The van der Waals surface area contributed by atoms with E-state index in [4.69, 9.17) is 10.5 Å². The van der Waals surface area contributed by atoms with E-state index in [1.54, 1.807) is 0 Å². The lowest BCUT2D eigenvalue weighted by Gasteiger charge is -2.29. The molecule has 0 radical (unpaired) electrons. The first-order valence-electron chi connectivity index (χ1n) is 8.24. The normalized spacial score (nSPS) is 20.3. The number of aryl methyl sites for hydroxylation is 1. The molecule has 1 aromatic rings. The smallest absolute Gasteiger partial charge is 0.0511 e. The van der Waals surface area contributed by atoms with Gasteiger partial charge in [-0.15, -0.1) is 0 Å². The summed E-state index contributed by atoms with van der Waals surface area (Å²) in [7, 11) is 2.19. The quantitative estimate of drug-likeness (QED) is 0.875. The van der Waals surface area contributed by atoms with Crippen molar-refractivity contribution in [1.29, 1.82) is 0 Å². The summed E-state index contributed by atoms with van der Waals surface area (Å²) < 4.78 is 5.58. The largest absolute Gasteiger partial charge is 0.381 e. The molecule has 2 atom stereocenters. The van der Waals surface area contributed by atoms with Gasteiger partial charge < -0.3 is 15.4 Å². The van der Waals surface area contributed by atoms with Crippen LogP contribution in [0.5, 0.6) is 0 Å². The molecule has 1 aliphatic rings. The minimum Gasteiger partial charge on any atom is -0.381 e. The Bertz CT molecular complexity index is 441. The molecule has 1 heterocycles. The van der Waals surface area contributed by atoms with Gasteiger partial charge in [-0.3, -0.25) is 0 Å². The average Bonchev–Trinajstić information content (AvgIpc) is 2.48. The van der Waals surface area contributed by atoms with Crippen molar-refractivity contribution in [3.63, 3.8) is 0 Å². The van der Waals surface area contributed by atoms with Gasteiger partial charge >= 0.3 is 0 Å². The van der Waals surface area contributed by atoms with E-state index in [1.165, 1.54) is 29.7 Å². The highest BCUT2D eigenvalue weighted by molar-refractivity contribution is 5.54. The molecule has 1 saturated heterocycles. The van der Waals surface area contributed by atoms with Crippen LogP contribution in [-0.4, -0.2) is 32.8 Å². The monoisotopic (exact) mass is 290 g/mol. The number of anilines is 1. The van der Waals surface area contributed by atoms with Gasteiger partial charge in [0.2, 0.25) is 0 Å². The first-order chi connectivity index (χ1) is 10.1. The van der Waals surface area contributed by atoms with Crippen LogP contribution in [0.15, 0.2) is 18.2 Å². The molecule has 2 unspecified atom stereocenters. The molecule has 0 spiro atoms.